The number of aryl methyl sites for hydroxylation is 3. The van der Waals surface area contributed by atoms with Crippen LogP contribution in [0.2, 0.25) is 0 Å². The third kappa shape index (κ3) is 5.63. The normalized spacial score (nSPS) is 21.5. The van der Waals surface area contributed by atoms with Gasteiger partial charge in [-0.15, -0.1) is 0 Å². The van der Waals surface area contributed by atoms with Crippen LogP contribution in [-0.2, 0) is 14.8 Å². The smallest absolute Gasteiger partial charge is 0.241 e. The summed E-state index contributed by atoms with van der Waals surface area (Å²) in [7, 11) is -3.54. The lowest BCUT2D eigenvalue weighted by Gasteiger charge is -2.38. The molecule has 0 spiro atoms. The van der Waals surface area contributed by atoms with Crippen molar-refractivity contribution in [2.45, 2.75) is 51.3 Å². The van der Waals surface area contributed by atoms with Gasteiger partial charge in [-0.05, 0) is 75.6 Å². The molecule has 2 fully saturated rings. The van der Waals surface area contributed by atoms with Gasteiger partial charge in [0.2, 0.25) is 15.9 Å². The molecule has 2 aromatic carbocycles. The molecule has 184 valence electrons. The van der Waals surface area contributed by atoms with Crippen molar-refractivity contribution < 1.29 is 13.2 Å². The van der Waals surface area contributed by atoms with Crippen LogP contribution < -0.4 is 9.62 Å². The number of amides is 1. The van der Waals surface area contributed by atoms with Gasteiger partial charge in [-0.25, -0.2) is 13.1 Å². The first-order valence-electron chi connectivity index (χ1n) is 12.4. The first-order chi connectivity index (χ1) is 16.2. The average molecular weight is 484 g/mol. The molecule has 0 radical (unpaired) electrons. The molecular formula is C27H37N3O3S. The van der Waals surface area contributed by atoms with Gasteiger partial charge in [-0.2, -0.15) is 0 Å². The van der Waals surface area contributed by atoms with Gasteiger partial charge >= 0.3 is 0 Å². The van der Waals surface area contributed by atoms with Gasteiger partial charge in [-0.1, -0.05) is 35.9 Å². The minimum atomic E-state index is -3.54. The third-order valence-electron chi connectivity index (χ3n) is 7.34. The second-order valence-corrected chi connectivity index (χ2v) is 11.6. The van der Waals surface area contributed by atoms with Crippen molar-refractivity contribution in [1.82, 2.24) is 9.62 Å². The minimum absolute atomic E-state index is 0.0673. The molecule has 34 heavy (non-hydrogen) atoms. The standard InChI is InChI=1S/C27H37N3O3S/c1-20-17-21(2)26(22(3)18-20)34(32,33)28-19-23-9-11-24(12-10-23)27(31)30-15-13-29(14-16-30)25-7-5-4-6-8-25/h4-8,17-18,23-24,28H,9-16,19H2,1-3H3. The zero-order chi connectivity index (χ0) is 24.3. The number of sulfonamides is 1. The predicted octanol–water partition coefficient (Wildman–Crippen LogP) is 4.05. The molecule has 1 N–H and O–H groups in total. The highest BCUT2D eigenvalue weighted by Gasteiger charge is 2.32. The monoisotopic (exact) mass is 483 g/mol. The van der Waals surface area contributed by atoms with Gasteiger partial charge in [-0.3, -0.25) is 4.79 Å². The predicted molar refractivity (Wildman–Crippen MR) is 137 cm³/mol. The molecule has 1 saturated heterocycles. The summed E-state index contributed by atoms with van der Waals surface area (Å²) in [5.74, 6) is 0.621. The van der Waals surface area contributed by atoms with Crippen molar-refractivity contribution in [1.29, 1.82) is 0 Å². The van der Waals surface area contributed by atoms with Gasteiger partial charge < -0.3 is 9.80 Å². The molecule has 2 aliphatic rings. The number of carbonyl (C=O) groups is 1. The first-order valence-corrected chi connectivity index (χ1v) is 13.9. The largest absolute Gasteiger partial charge is 0.368 e. The molecule has 1 amide bonds. The molecule has 1 aliphatic carbocycles. The summed E-state index contributed by atoms with van der Waals surface area (Å²) in [5, 5.41) is 0. The average Bonchev–Trinajstić information content (AvgIpc) is 2.82. The minimum Gasteiger partial charge on any atom is -0.368 e. The van der Waals surface area contributed by atoms with E-state index in [2.05, 4.69) is 33.9 Å². The number of nitrogens with one attached hydrogen (secondary N) is 1. The number of carbonyl (C=O) groups excluding carboxylic acids is 1. The summed E-state index contributed by atoms with van der Waals surface area (Å²) in [6.45, 7) is 9.38. The number of hydrogen-bond acceptors (Lipinski definition) is 4. The Hall–Kier alpha value is -2.38. The number of rotatable bonds is 6. The zero-order valence-corrected chi connectivity index (χ0v) is 21.4. The number of nitrogens with zero attached hydrogens (tertiary/aromatic N) is 2. The number of piperazine rings is 1. The molecule has 4 rings (SSSR count). The SMILES string of the molecule is Cc1cc(C)c(S(=O)(=O)NCC2CCC(C(=O)N3CCN(c4ccccc4)CC3)CC2)c(C)c1. The highest BCUT2D eigenvalue weighted by Crippen LogP contribution is 2.31. The van der Waals surface area contributed by atoms with E-state index < -0.39 is 10.0 Å². The molecule has 0 unspecified atom stereocenters. The number of anilines is 1. The van der Waals surface area contributed by atoms with Gasteiger partial charge in [0.1, 0.15) is 0 Å². The van der Waals surface area contributed by atoms with E-state index in [-0.39, 0.29) is 17.7 Å². The fourth-order valence-corrected chi connectivity index (χ4v) is 7.15. The summed E-state index contributed by atoms with van der Waals surface area (Å²) >= 11 is 0. The Morgan fingerprint density at radius 2 is 1.50 bits per heavy atom. The van der Waals surface area contributed by atoms with Crippen molar-refractivity contribution in [3.8, 4) is 0 Å². The van der Waals surface area contributed by atoms with Crippen LogP contribution in [-0.4, -0.2) is 51.9 Å². The summed E-state index contributed by atoms with van der Waals surface area (Å²) in [6.07, 6.45) is 3.45. The van der Waals surface area contributed by atoms with Crippen LogP contribution >= 0.6 is 0 Å². The van der Waals surface area contributed by atoms with E-state index in [0.29, 0.717) is 11.4 Å². The molecule has 1 aliphatic heterocycles. The molecule has 7 heteroatoms. The highest BCUT2D eigenvalue weighted by atomic mass is 32.2. The Labute approximate surface area is 204 Å². The fraction of sp³-hybridized carbons (Fsp3) is 0.519. The van der Waals surface area contributed by atoms with Crippen molar-refractivity contribution in [2.24, 2.45) is 11.8 Å². The Balaban J connectivity index is 1.25. The van der Waals surface area contributed by atoms with Crippen molar-refractivity contribution in [2.75, 3.05) is 37.6 Å². The van der Waals surface area contributed by atoms with Gasteiger partial charge in [0, 0.05) is 44.3 Å². The maximum Gasteiger partial charge on any atom is 0.241 e. The van der Waals surface area contributed by atoms with Crippen LogP contribution in [0.15, 0.2) is 47.4 Å². The lowest BCUT2D eigenvalue weighted by molar-refractivity contribution is -0.137. The summed E-state index contributed by atoms with van der Waals surface area (Å²) in [5.41, 5.74) is 3.85. The molecule has 0 aromatic heterocycles. The van der Waals surface area contributed by atoms with E-state index in [0.717, 1.165) is 68.6 Å². The molecule has 1 saturated carbocycles. The molecule has 0 bridgehead atoms. The lowest BCUT2D eigenvalue weighted by atomic mass is 9.81. The van der Waals surface area contributed by atoms with Crippen LogP contribution in [0.1, 0.15) is 42.4 Å². The van der Waals surface area contributed by atoms with E-state index in [4.69, 9.17) is 0 Å². The van der Waals surface area contributed by atoms with Crippen LogP contribution in [0.5, 0.6) is 0 Å². The molecule has 0 atom stereocenters. The fourth-order valence-electron chi connectivity index (χ4n) is 5.59. The van der Waals surface area contributed by atoms with Crippen molar-refractivity contribution >= 4 is 21.6 Å². The lowest BCUT2D eigenvalue weighted by Crippen LogP contribution is -2.50. The maximum absolute atomic E-state index is 13.1. The number of hydrogen-bond donors (Lipinski definition) is 1. The topological polar surface area (TPSA) is 69.7 Å². The highest BCUT2D eigenvalue weighted by molar-refractivity contribution is 7.89. The first kappa shape index (κ1) is 24.7. The molecule has 6 nitrogen and oxygen atoms in total. The summed E-state index contributed by atoms with van der Waals surface area (Å²) < 4.78 is 28.8. The Kier molecular flexibility index (Phi) is 7.63. The van der Waals surface area contributed by atoms with Gasteiger partial charge in [0.15, 0.2) is 0 Å². The molecule has 1 heterocycles. The van der Waals surface area contributed by atoms with Gasteiger partial charge in [0.05, 0.1) is 4.90 Å². The Morgan fingerprint density at radius 1 is 0.912 bits per heavy atom. The number of para-hydroxylation sites is 1. The summed E-state index contributed by atoms with van der Waals surface area (Å²) in [6, 6.07) is 14.2. The quantitative estimate of drug-likeness (QED) is 0.673. The Bertz CT molecular complexity index is 1080. The van der Waals surface area contributed by atoms with Crippen molar-refractivity contribution in [3.63, 3.8) is 0 Å². The van der Waals surface area contributed by atoms with E-state index in [1.807, 2.05) is 43.9 Å². The zero-order valence-electron chi connectivity index (χ0n) is 20.6. The molecular weight excluding hydrogens is 446 g/mol. The van der Waals surface area contributed by atoms with Gasteiger partial charge in [0.25, 0.3) is 0 Å². The third-order valence-corrected chi connectivity index (χ3v) is 9.07. The van der Waals surface area contributed by atoms with Crippen LogP contribution in [0, 0.1) is 32.6 Å². The Morgan fingerprint density at radius 3 is 2.09 bits per heavy atom. The van der Waals surface area contributed by atoms with E-state index >= 15 is 0 Å². The van der Waals surface area contributed by atoms with Crippen LogP contribution in [0.25, 0.3) is 0 Å². The van der Waals surface area contributed by atoms with Crippen LogP contribution in [0.4, 0.5) is 5.69 Å². The van der Waals surface area contributed by atoms with E-state index in [1.165, 1.54) is 5.69 Å². The second-order valence-electron chi connectivity index (χ2n) is 9.95. The van der Waals surface area contributed by atoms with Crippen LogP contribution in [0.3, 0.4) is 0 Å². The molecule has 2 aromatic rings. The number of benzene rings is 2. The van der Waals surface area contributed by atoms with E-state index in [1.54, 1.807) is 0 Å². The van der Waals surface area contributed by atoms with Crippen molar-refractivity contribution in [3.05, 3.63) is 59.2 Å². The summed E-state index contributed by atoms with van der Waals surface area (Å²) in [4.78, 5) is 17.9. The second kappa shape index (κ2) is 10.5. The van der Waals surface area contributed by atoms with E-state index in [9.17, 15) is 13.2 Å². The maximum atomic E-state index is 13.1.